The number of likely N-dealkylation sites (tertiary alicyclic amines) is 1. The molecule has 1 saturated heterocycles. The second kappa shape index (κ2) is 6.36. The normalized spacial score (nSPS) is 15.6. The molecule has 0 aliphatic carbocycles. The first kappa shape index (κ1) is 15.5. The lowest BCUT2D eigenvalue weighted by molar-refractivity contribution is -0.119. The lowest BCUT2D eigenvalue weighted by Crippen LogP contribution is -2.41. The molecule has 1 amide bonds. The monoisotopic (exact) mass is 335 g/mol. The van der Waals surface area contributed by atoms with Crippen molar-refractivity contribution in [1.29, 1.82) is 0 Å². The lowest BCUT2D eigenvalue weighted by atomic mass is 10.0. The molecular weight excluding hydrogens is 318 g/mol. The van der Waals surface area contributed by atoms with E-state index in [-0.39, 0.29) is 5.91 Å². The van der Waals surface area contributed by atoms with E-state index in [1.165, 1.54) is 11.9 Å². The van der Waals surface area contributed by atoms with Crippen LogP contribution in [-0.2, 0) is 11.3 Å². The highest BCUT2D eigenvalue weighted by Crippen LogP contribution is 2.36. The van der Waals surface area contributed by atoms with Crippen molar-refractivity contribution in [2.45, 2.75) is 19.4 Å². The first-order valence-electron chi connectivity index (χ1n) is 7.20. The fourth-order valence-corrected chi connectivity index (χ4v) is 3.95. The molecule has 3 rings (SSSR count). The highest BCUT2D eigenvalue weighted by molar-refractivity contribution is 7.15. The molecule has 0 bridgehead atoms. The van der Waals surface area contributed by atoms with E-state index >= 15 is 0 Å². The summed E-state index contributed by atoms with van der Waals surface area (Å²) < 4.78 is 0. The molecule has 1 aliphatic rings. The zero-order chi connectivity index (χ0) is 15.7. The van der Waals surface area contributed by atoms with Crippen molar-refractivity contribution in [3.05, 3.63) is 40.0 Å². The molecule has 1 aromatic heterocycles. The molecule has 22 heavy (non-hydrogen) atoms. The van der Waals surface area contributed by atoms with Gasteiger partial charge in [0.1, 0.15) is 0 Å². The van der Waals surface area contributed by atoms with Crippen molar-refractivity contribution < 1.29 is 4.79 Å². The van der Waals surface area contributed by atoms with Gasteiger partial charge in [-0.2, -0.15) is 0 Å². The highest BCUT2D eigenvalue weighted by atomic mass is 35.5. The van der Waals surface area contributed by atoms with E-state index in [0.29, 0.717) is 17.5 Å². The molecule has 0 spiro atoms. The first-order chi connectivity index (χ1) is 10.5. The van der Waals surface area contributed by atoms with Gasteiger partial charge in [-0.3, -0.25) is 4.79 Å². The van der Waals surface area contributed by atoms with Gasteiger partial charge in [-0.25, -0.2) is 4.98 Å². The number of aromatic nitrogens is 1. The second-order valence-electron chi connectivity index (χ2n) is 5.70. The summed E-state index contributed by atoms with van der Waals surface area (Å²) in [5, 5.41) is 4.66. The molecular formula is C16H18ClN3OS. The second-order valence-corrected chi connectivity index (χ2v) is 7.17. The number of hydrogen-bond donors (Lipinski definition) is 1. The topological polar surface area (TPSA) is 45.2 Å². The third-order valence-corrected chi connectivity index (χ3v) is 5.28. The molecule has 1 aromatic carbocycles. The van der Waals surface area contributed by atoms with Gasteiger partial charge in [-0.15, -0.1) is 11.3 Å². The Morgan fingerprint density at radius 2 is 2.27 bits per heavy atom. The van der Waals surface area contributed by atoms with Crippen LogP contribution in [0.2, 0.25) is 5.02 Å². The SMILES string of the molecule is CC(=O)NCc1ccc(-c2cnc(C3CN(C)C3)s2)c(Cl)c1. The number of likely N-dealkylation sites (N-methyl/N-ethyl adjacent to an activating group) is 1. The predicted molar refractivity (Wildman–Crippen MR) is 90.3 cm³/mol. The van der Waals surface area contributed by atoms with Gasteiger partial charge in [-0.05, 0) is 18.7 Å². The molecule has 116 valence electrons. The minimum absolute atomic E-state index is 0.0437. The molecule has 6 heteroatoms. The lowest BCUT2D eigenvalue weighted by Gasteiger charge is -2.34. The van der Waals surface area contributed by atoms with Gasteiger partial charge in [0, 0.05) is 49.3 Å². The molecule has 4 nitrogen and oxygen atoms in total. The van der Waals surface area contributed by atoms with Crippen molar-refractivity contribution in [3.8, 4) is 10.4 Å². The Labute approximate surface area is 139 Å². The summed E-state index contributed by atoms with van der Waals surface area (Å²) in [6.07, 6.45) is 1.91. The first-order valence-corrected chi connectivity index (χ1v) is 8.40. The average Bonchev–Trinajstić information content (AvgIpc) is 2.91. The zero-order valence-electron chi connectivity index (χ0n) is 12.6. The standard InChI is InChI=1S/C16H18ClN3OS/c1-10(21)18-6-11-3-4-13(14(17)5-11)15-7-19-16(22-15)12-8-20(2)9-12/h3-5,7,12H,6,8-9H2,1-2H3,(H,18,21). The quantitative estimate of drug-likeness (QED) is 0.933. The third kappa shape index (κ3) is 3.32. The summed E-state index contributed by atoms with van der Waals surface area (Å²) in [4.78, 5) is 18.9. The number of nitrogens with zero attached hydrogens (tertiary/aromatic N) is 2. The maximum atomic E-state index is 11.0. The van der Waals surface area contributed by atoms with Crippen molar-refractivity contribution in [2.75, 3.05) is 20.1 Å². The van der Waals surface area contributed by atoms with Crippen molar-refractivity contribution in [1.82, 2.24) is 15.2 Å². The fourth-order valence-electron chi connectivity index (χ4n) is 2.55. The summed E-state index contributed by atoms with van der Waals surface area (Å²) in [7, 11) is 2.12. The van der Waals surface area contributed by atoms with Crippen LogP contribution in [0.15, 0.2) is 24.4 Å². The van der Waals surface area contributed by atoms with Crippen molar-refractivity contribution in [3.63, 3.8) is 0 Å². The van der Waals surface area contributed by atoms with Crippen molar-refractivity contribution >= 4 is 28.8 Å². The smallest absolute Gasteiger partial charge is 0.217 e. The molecule has 1 aliphatic heterocycles. The fraction of sp³-hybridized carbons (Fsp3) is 0.375. The van der Waals surface area contributed by atoms with E-state index in [0.717, 1.165) is 29.1 Å². The summed E-state index contributed by atoms with van der Waals surface area (Å²) in [6.45, 7) is 4.16. The van der Waals surface area contributed by atoms with E-state index in [1.54, 1.807) is 11.3 Å². The van der Waals surface area contributed by atoms with Crippen LogP contribution in [0.25, 0.3) is 10.4 Å². The predicted octanol–water partition coefficient (Wildman–Crippen LogP) is 3.13. The van der Waals surface area contributed by atoms with Crippen molar-refractivity contribution in [2.24, 2.45) is 0 Å². The number of benzene rings is 1. The number of carbonyl (C=O) groups is 1. The largest absolute Gasteiger partial charge is 0.352 e. The van der Waals surface area contributed by atoms with Crippen LogP contribution in [0.1, 0.15) is 23.4 Å². The van der Waals surface area contributed by atoms with Crippen LogP contribution in [0.5, 0.6) is 0 Å². The Kier molecular flexibility index (Phi) is 4.47. The number of halogens is 1. The number of hydrogen-bond acceptors (Lipinski definition) is 4. The van der Waals surface area contributed by atoms with E-state index in [9.17, 15) is 4.79 Å². The van der Waals surface area contributed by atoms with Gasteiger partial charge >= 0.3 is 0 Å². The van der Waals surface area contributed by atoms with Crippen LogP contribution < -0.4 is 5.32 Å². The summed E-state index contributed by atoms with van der Waals surface area (Å²) in [5.74, 6) is 0.513. The van der Waals surface area contributed by atoms with Crippen LogP contribution in [-0.4, -0.2) is 35.9 Å². The maximum absolute atomic E-state index is 11.0. The van der Waals surface area contributed by atoms with Crippen LogP contribution in [0.4, 0.5) is 0 Å². The minimum Gasteiger partial charge on any atom is -0.352 e. The molecule has 2 heterocycles. The average molecular weight is 336 g/mol. The van der Waals surface area contributed by atoms with E-state index in [2.05, 4.69) is 22.2 Å². The Balaban J connectivity index is 1.75. The molecule has 0 atom stereocenters. The summed E-state index contributed by atoms with van der Waals surface area (Å²) >= 11 is 8.12. The number of amides is 1. The Hall–Kier alpha value is -1.43. The maximum Gasteiger partial charge on any atom is 0.217 e. The number of thiazole rings is 1. The van der Waals surface area contributed by atoms with Gasteiger partial charge in [0.15, 0.2) is 0 Å². The summed E-state index contributed by atoms with van der Waals surface area (Å²) in [5.41, 5.74) is 2.00. The van der Waals surface area contributed by atoms with Gasteiger partial charge in [0.05, 0.1) is 9.88 Å². The molecule has 1 N–H and O–H groups in total. The minimum atomic E-state index is -0.0437. The molecule has 0 radical (unpaired) electrons. The summed E-state index contributed by atoms with van der Waals surface area (Å²) in [6, 6.07) is 5.90. The van der Waals surface area contributed by atoms with E-state index in [4.69, 9.17) is 11.6 Å². The van der Waals surface area contributed by atoms with Gasteiger partial charge in [0.25, 0.3) is 0 Å². The molecule has 1 fully saturated rings. The van der Waals surface area contributed by atoms with Crippen LogP contribution >= 0.6 is 22.9 Å². The van der Waals surface area contributed by atoms with Gasteiger partial charge < -0.3 is 10.2 Å². The van der Waals surface area contributed by atoms with Crippen LogP contribution in [0, 0.1) is 0 Å². The number of carbonyl (C=O) groups excluding carboxylic acids is 1. The number of rotatable bonds is 4. The molecule has 2 aromatic rings. The van der Waals surface area contributed by atoms with Gasteiger partial charge in [0.2, 0.25) is 5.91 Å². The third-order valence-electron chi connectivity index (χ3n) is 3.78. The number of nitrogens with one attached hydrogen (secondary N) is 1. The van der Waals surface area contributed by atoms with Gasteiger partial charge in [-0.1, -0.05) is 23.7 Å². The van der Waals surface area contributed by atoms with Crippen LogP contribution in [0.3, 0.4) is 0 Å². The zero-order valence-corrected chi connectivity index (χ0v) is 14.2. The molecule has 0 unspecified atom stereocenters. The van der Waals surface area contributed by atoms with E-state index in [1.807, 2.05) is 24.4 Å². The highest BCUT2D eigenvalue weighted by Gasteiger charge is 2.27. The Morgan fingerprint density at radius 3 is 2.91 bits per heavy atom. The molecule has 0 saturated carbocycles. The Bertz CT molecular complexity index is 694. The Morgan fingerprint density at radius 1 is 1.50 bits per heavy atom. The van der Waals surface area contributed by atoms with E-state index < -0.39 is 0 Å².